The van der Waals surface area contributed by atoms with Crippen molar-refractivity contribution in [2.75, 3.05) is 0 Å². The summed E-state index contributed by atoms with van der Waals surface area (Å²) in [6.45, 7) is 0. The van der Waals surface area contributed by atoms with Gasteiger partial charge in [-0.1, -0.05) is 218 Å². The molecule has 4 heteroatoms. The van der Waals surface area contributed by atoms with Gasteiger partial charge in [0.1, 0.15) is 0 Å². The van der Waals surface area contributed by atoms with Gasteiger partial charge in [-0.05, 0) is 101 Å². The molecule has 4 nitrogen and oxygen atoms in total. The Balaban J connectivity index is 1.13. The fourth-order valence-corrected chi connectivity index (χ4v) is 12.2. The highest BCUT2D eigenvalue weighted by atomic mass is 15.1. The molecular formula is C66H40N4. The lowest BCUT2D eigenvalue weighted by atomic mass is 9.67. The maximum atomic E-state index is 5.67. The van der Waals surface area contributed by atoms with E-state index in [-0.39, 0.29) is 0 Å². The largest absolute Gasteiger partial charge is 0.308 e. The summed E-state index contributed by atoms with van der Waals surface area (Å²) < 4.78 is 2.50. The van der Waals surface area contributed by atoms with Crippen LogP contribution in [-0.2, 0) is 5.41 Å². The quantitative estimate of drug-likeness (QED) is 0.167. The van der Waals surface area contributed by atoms with E-state index in [0.717, 1.165) is 49.9 Å². The SMILES string of the molecule is c1ccc(-c2nc(-c3ccc4ccccc4c3)nc(-c3c(-n4c5cccc6c5c5c7c(cccc7ccc54)-c4ccccc4-6)ccc4c3-c3ccccc3C4(c3ccccc3)c3ccccc3)n2)cc1. The van der Waals surface area contributed by atoms with E-state index in [1.165, 1.54) is 71.4 Å². The normalized spacial score (nSPS) is 13.0. The van der Waals surface area contributed by atoms with Gasteiger partial charge in [0.25, 0.3) is 0 Å². The Morgan fingerprint density at radius 3 is 1.59 bits per heavy atom. The Morgan fingerprint density at radius 2 is 0.843 bits per heavy atom. The van der Waals surface area contributed by atoms with Crippen molar-refractivity contribution in [3.05, 3.63) is 265 Å². The molecule has 0 saturated heterocycles. The maximum absolute atomic E-state index is 5.67. The molecule has 2 heterocycles. The zero-order valence-corrected chi connectivity index (χ0v) is 37.9. The standard InChI is InChI=1S/C66H40N4/c1-4-19-43(20-5-1)63-67-64(45-35-34-41-18-10-11-21-44(41)40-45)69-65(68-63)62-57(39-37-54-59(62)52-29-14-15-32-53(52)66(54,46-23-6-2-7-24-46)47-25-8-3-9-26-47)70-55-33-17-31-51-49-28-13-12-27-48(49)50-30-16-22-42-36-38-56(70)61(58(42)50)60(51)55/h1-40H. The average Bonchev–Trinajstić information content (AvgIpc) is 3.90. The second-order valence-electron chi connectivity index (χ2n) is 18.6. The first-order valence-electron chi connectivity index (χ1n) is 24.0. The van der Waals surface area contributed by atoms with Crippen LogP contribution in [0.15, 0.2) is 243 Å². The summed E-state index contributed by atoms with van der Waals surface area (Å²) in [5, 5.41) is 7.28. The summed E-state index contributed by atoms with van der Waals surface area (Å²) in [6.07, 6.45) is 0. The minimum absolute atomic E-state index is 0.612. The second kappa shape index (κ2) is 14.9. The highest BCUT2D eigenvalue weighted by Crippen LogP contribution is 2.60. The monoisotopic (exact) mass is 888 g/mol. The molecule has 0 saturated carbocycles. The first kappa shape index (κ1) is 38.8. The first-order chi connectivity index (χ1) is 34.7. The lowest BCUT2D eigenvalue weighted by molar-refractivity contribution is 0.768. The molecule has 2 aliphatic carbocycles. The highest BCUT2D eigenvalue weighted by molar-refractivity contribution is 6.30. The summed E-state index contributed by atoms with van der Waals surface area (Å²) in [5.41, 5.74) is 17.4. The Morgan fingerprint density at radius 1 is 0.300 bits per heavy atom. The van der Waals surface area contributed by atoms with Crippen LogP contribution in [-0.4, -0.2) is 19.5 Å². The summed E-state index contributed by atoms with van der Waals surface area (Å²) in [4.78, 5) is 16.6. The molecule has 0 unspecified atom stereocenters. The summed E-state index contributed by atoms with van der Waals surface area (Å²) in [6, 6.07) is 88.2. The number of nitrogens with zero attached hydrogens (tertiary/aromatic N) is 4. The van der Waals surface area contributed by atoms with Crippen molar-refractivity contribution in [2.45, 2.75) is 5.41 Å². The van der Waals surface area contributed by atoms with E-state index in [0.29, 0.717) is 17.5 Å². The van der Waals surface area contributed by atoms with Crippen molar-refractivity contribution in [2.24, 2.45) is 0 Å². The van der Waals surface area contributed by atoms with Gasteiger partial charge in [-0.25, -0.2) is 15.0 Å². The molecule has 70 heavy (non-hydrogen) atoms. The number of hydrogen-bond donors (Lipinski definition) is 0. The lowest BCUT2D eigenvalue weighted by Gasteiger charge is -2.34. The van der Waals surface area contributed by atoms with E-state index in [4.69, 9.17) is 15.0 Å². The fraction of sp³-hybridized carbons (Fsp3) is 0.0152. The van der Waals surface area contributed by atoms with Crippen molar-refractivity contribution >= 4 is 43.4 Å². The third-order valence-corrected chi connectivity index (χ3v) is 15.0. The van der Waals surface area contributed by atoms with E-state index in [1.807, 2.05) is 6.07 Å². The number of hydrogen-bond acceptors (Lipinski definition) is 3. The van der Waals surface area contributed by atoms with Crippen LogP contribution in [0, 0.1) is 0 Å². The van der Waals surface area contributed by atoms with Crippen molar-refractivity contribution < 1.29 is 0 Å². The molecule has 15 rings (SSSR count). The molecule has 0 atom stereocenters. The minimum Gasteiger partial charge on any atom is -0.308 e. The molecule has 0 aliphatic heterocycles. The molecule has 0 fully saturated rings. The van der Waals surface area contributed by atoms with E-state index >= 15 is 0 Å². The van der Waals surface area contributed by atoms with Gasteiger partial charge >= 0.3 is 0 Å². The van der Waals surface area contributed by atoms with Crippen LogP contribution in [0.5, 0.6) is 0 Å². The Bertz CT molecular complexity index is 4250. The Hall–Kier alpha value is -9.25. The maximum Gasteiger partial charge on any atom is 0.166 e. The van der Waals surface area contributed by atoms with Gasteiger partial charge in [-0.2, -0.15) is 0 Å². The van der Waals surface area contributed by atoms with Gasteiger partial charge in [-0.15, -0.1) is 0 Å². The third kappa shape index (κ3) is 5.38. The molecule has 2 aromatic heterocycles. The third-order valence-electron chi connectivity index (χ3n) is 15.0. The second-order valence-corrected chi connectivity index (χ2v) is 18.6. The van der Waals surface area contributed by atoms with Crippen LogP contribution in [0.4, 0.5) is 0 Å². The van der Waals surface area contributed by atoms with Gasteiger partial charge < -0.3 is 4.57 Å². The number of aromatic nitrogens is 4. The zero-order valence-electron chi connectivity index (χ0n) is 37.9. The number of rotatable bonds is 6. The Labute approximate surface area is 404 Å². The first-order valence-corrected chi connectivity index (χ1v) is 24.0. The van der Waals surface area contributed by atoms with Crippen LogP contribution < -0.4 is 0 Å². The topological polar surface area (TPSA) is 43.6 Å². The summed E-state index contributed by atoms with van der Waals surface area (Å²) >= 11 is 0. The summed E-state index contributed by atoms with van der Waals surface area (Å²) in [5.74, 6) is 1.85. The van der Waals surface area contributed by atoms with Crippen LogP contribution in [0.3, 0.4) is 0 Å². The van der Waals surface area contributed by atoms with Gasteiger partial charge in [0.15, 0.2) is 17.5 Å². The van der Waals surface area contributed by atoms with Crippen molar-refractivity contribution in [1.29, 1.82) is 0 Å². The molecule has 11 aromatic carbocycles. The molecule has 0 N–H and O–H groups in total. The molecular weight excluding hydrogens is 849 g/mol. The molecule has 0 radical (unpaired) electrons. The van der Waals surface area contributed by atoms with E-state index in [1.54, 1.807) is 0 Å². The molecule has 0 spiro atoms. The van der Waals surface area contributed by atoms with Crippen molar-refractivity contribution in [3.8, 4) is 73.2 Å². The summed E-state index contributed by atoms with van der Waals surface area (Å²) in [7, 11) is 0. The number of benzene rings is 11. The van der Waals surface area contributed by atoms with Crippen molar-refractivity contribution in [1.82, 2.24) is 19.5 Å². The van der Waals surface area contributed by atoms with Gasteiger partial charge in [0.2, 0.25) is 0 Å². The minimum atomic E-state index is -0.651. The molecule has 0 amide bonds. The van der Waals surface area contributed by atoms with Crippen LogP contribution in [0.1, 0.15) is 22.3 Å². The van der Waals surface area contributed by atoms with Crippen molar-refractivity contribution in [3.63, 3.8) is 0 Å². The predicted octanol–water partition coefficient (Wildman–Crippen LogP) is 16.3. The van der Waals surface area contributed by atoms with Crippen LogP contribution in [0.2, 0.25) is 0 Å². The average molecular weight is 889 g/mol. The van der Waals surface area contributed by atoms with Crippen LogP contribution in [0.25, 0.3) is 117 Å². The molecule has 324 valence electrons. The van der Waals surface area contributed by atoms with Gasteiger partial charge in [0.05, 0.1) is 27.7 Å². The lowest BCUT2D eigenvalue weighted by Crippen LogP contribution is -2.28. The van der Waals surface area contributed by atoms with E-state index in [9.17, 15) is 0 Å². The molecule has 13 aromatic rings. The van der Waals surface area contributed by atoms with Crippen LogP contribution >= 0.6 is 0 Å². The predicted molar refractivity (Wildman–Crippen MR) is 287 cm³/mol. The van der Waals surface area contributed by atoms with Gasteiger partial charge in [0, 0.05) is 21.9 Å². The Kier molecular flexibility index (Phi) is 8.25. The fourth-order valence-electron chi connectivity index (χ4n) is 12.2. The zero-order chi connectivity index (χ0) is 45.9. The van der Waals surface area contributed by atoms with E-state index in [2.05, 4.69) is 241 Å². The molecule has 0 bridgehead atoms. The molecule has 2 aliphatic rings. The highest BCUT2D eigenvalue weighted by Gasteiger charge is 2.48. The number of fused-ring (bicyclic) bond motifs is 7. The van der Waals surface area contributed by atoms with E-state index < -0.39 is 5.41 Å². The smallest absolute Gasteiger partial charge is 0.166 e. The van der Waals surface area contributed by atoms with Gasteiger partial charge in [-0.3, -0.25) is 0 Å².